The second kappa shape index (κ2) is 8.38. The Hall–Kier alpha value is -3.29. The van der Waals surface area contributed by atoms with Crippen molar-refractivity contribution in [2.75, 3.05) is 5.32 Å². The van der Waals surface area contributed by atoms with Gasteiger partial charge >= 0.3 is 5.97 Å². The molecule has 0 bridgehead atoms. The Bertz CT molecular complexity index is 1080. The first-order valence-electron chi connectivity index (χ1n) is 9.33. The van der Waals surface area contributed by atoms with Crippen LogP contribution in [0.4, 0.5) is 10.1 Å². The highest BCUT2D eigenvalue weighted by atomic mass is 19.1. The van der Waals surface area contributed by atoms with Gasteiger partial charge < -0.3 is 10.1 Å². The molecule has 0 fully saturated rings. The van der Waals surface area contributed by atoms with Crippen molar-refractivity contribution in [1.29, 1.82) is 0 Å². The van der Waals surface area contributed by atoms with Crippen LogP contribution >= 0.6 is 0 Å². The van der Waals surface area contributed by atoms with Crippen molar-refractivity contribution in [3.8, 4) is 0 Å². The number of carbonyl (C=O) groups is 2. The summed E-state index contributed by atoms with van der Waals surface area (Å²) in [4.78, 5) is 28.9. The molecule has 0 unspecified atom stereocenters. The first-order valence-corrected chi connectivity index (χ1v) is 9.33. The number of aryl methyl sites for hydroxylation is 3. The highest BCUT2D eigenvalue weighted by Gasteiger charge is 2.19. The lowest BCUT2D eigenvalue weighted by Crippen LogP contribution is -2.30. The molecule has 8 heteroatoms. The normalized spacial score (nSPS) is 12.0. The number of esters is 1. The van der Waals surface area contributed by atoms with E-state index in [1.165, 1.54) is 25.1 Å². The zero-order chi connectivity index (χ0) is 21.1. The molecule has 0 aliphatic heterocycles. The number of nitrogens with zero attached hydrogens (tertiary/aromatic N) is 3. The van der Waals surface area contributed by atoms with Crippen molar-refractivity contribution in [2.24, 2.45) is 0 Å². The SMILES string of the molecule is Cc1cc2nc(C)c(CCC(=O)O[C@H](C)C(=O)Nc3cccc(F)c3)c(C)n2n1. The van der Waals surface area contributed by atoms with Gasteiger partial charge in [0.05, 0.1) is 5.69 Å². The Labute approximate surface area is 167 Å². The summed E-state index contributed by atoms with van der Waals surface area (Å²) < 4.78 is 20.2. The Morgan fingerprint density at radius 2 is 2.00 bits per heavy atom. The monoisotopic (exact) mass is 398 g/mol. The van der Waals surface area contributed by atoms with E-state index in [1.807, 2.05) is 26.8 Å². The largest absolute Gasteiger partial charge is 0.453 e. The van der Waals surface area contributed by atoms with Crippen molar-refractivity contribution in [2.45, 2.75) is 46.6 Å². The maximum Gasteiger partial charge on any atom is 0.306 e. The third-order valence-electron chi connectivity index (χ3n) is 4.63. The van der Waals surface area contributed by atoms with E-state index in [1.54, 1.807) is 10.6 Å². The lowest BCUT2D eigenvalue weighted by Gasteiger charge is -2.14. The van der Waals surface area contributed by atoms with E-state index >= 15 is 0 Å². The molecule has 0 aliphatic rings. The number of anilines is 1. The summed E-state index contributed by atoms with van der Waals surface area (Å²) in [6.07, 6.45) is -0.467. The Morgan fingerprint density at radius 1 is 1.24 bits per heavy atom. The molecule has 2 aromatic heterocycles. The predicted molar refractivity (Wildman–Crippen MR) is 106 cm³/mol. The van der Waals surface area contributed by atoms with E-state index in [9.17, 15) is 14.0 Å². The van der Waals surface area contributed by atoms with Gasteiger partial charge in [0, 0.05) is 29.6 Å². The molecule has 0 spiro atoms. The van der Waals surface area contributed by atoms with Crippen molar-refractivity contribution in [3.05, 3.63) is 58.8 Å². The molecule has 29 heavy (non-hydrogen) atoms. The van der Waals surface area contributed by atoms with Crippen LogP contribution in [0, 0.1) is 26.6 Å². The minimum Gasteiger partial charge on any atom is -0.453 e. The van der Waals surface area contributed by atoms with Crippen LogP contribution in [0.15, 0.2) is 30.3 Å². The van der Waals surface area contributed by atoms with Gasteiger partial charge in [-0.2, -0.15) is 5.10 Å². The molecule has 0 saturated heterocycles. The van der Waals surface area contributed by atoms with Crippen LogP contribution in [-0.4, -0.2) is 32.6 Å². The van der Waals surface area contributed by atoms with Crippen molar-refractivity contribution in [3.63, 3.8) is 0 Å². The van der Waals surface area contributed by atoms with Gasteiger partial charge in [-0.3, -0.25) is 9.59 Å². The summed E-state index contributed by atoms with van der Waals surface area (Å²) in [6, 6.07) is 7.41. The zero-order valence-corrected chi connectivity index (χ0v) is 16.8. The van der Waals surface area contributed by atoms with Crippen LogP contribution < -0.4 is 5.32 Å². The van der Waals surface area contributed by atoms with Gasteiger partial charge in [0.2, 0.25) is 0 Å². The summed E-state index contributed by atoms with van der Waals surface area (Å²) >= 11 is 0. The Kier molecular flexibility index (Phi) is 5.91. The quantitative estimate of drug-likeness (QED) is 0.644. The van der Waals surface area contributed by atoms with Crippen LogP contribution in [0.2, 0.25) is 0 Å². The molecule has 1 atom stereocenters. The molecule has 0 radical (unpaired) electrons. The smallest absolute Gasteiger partial charge is 0.306 e. The van der Waals surface area contributed by atoms with Gasteiger partial charge in [-0.15, -0.1) is 0 Å². The molecule has 2 heterocycles. The van der Waals surface area contributed by atoms with Gasteiger partial charge in [0.25, 0.3) is 5.91 Å². The number of hydrogen-bond donors (Lipinski definition) is 1. The number of hydrogen-bond acceptors (Lipinski definition) is 5. The second-order valence-electron chi connectivity index (χ2n) is 6.95. The van der Waals surface area contributed by atoms with Gasteiger partial charge in [-0.1, -0.05) is 6.07 Å². The van der Waals surface area contributed by atoms with Crippen LogP contribution in [0.3, 0.4) is 0 Å². The van der Waals surface area contributed by atoms with Crippen LogP contribution in [-0.2, 0) is 20.7 Å². The maximum atomic E-state index is 13.2. The minimum absolute atomic E-state index is 0.104. The fourth-order valence-electron chi connectivity index (χ4n) is 3.15. The molecular weight excluding hydrogens is 375 g/mol. The predicted octanol–water partition coefficient (Wildman–Crippen LogP) is 3.30. The van der Waals surface area contributed by atoms with E-state index in [2.05, 4.69) is 15.4 Å². The average Bonchev–Trinajstić information content (AvgIpc) is 3.01. The molecule has 0 aliphatic carbocycles. The fourth-order valence-corrected chi connectivity index (χ4v) is 3.15. The average molecular weight is 398 g/mol. The van der Waals surface area contributed by atoms with Gasteiger partial charge in [0.1, 0.15) is 5.82 Å². The Morgan fingerprint density at radius 3 is 2.72 bits per heavy atom. The van der Waals surface area contributed by atoms with E-state index in [0.717, 1.165) is 28.3 Å². The summed E-state index contributed by atoms with van der Waals surface area (Å²) in [6.45, 7) is 7.20. The zero-order valence-electron chi connectivity index (χ0n) is 16.8. The Balaban J connectivity index is 1.59. The fraction of sp³-hybridized carbons (Fsp3) is 0.333. The molecule has 1 amide bonds. The molecule has 7 nitrogen and oxygen atoms in total. The van der Waals surface area contributed by atoms with E-state index < -0.39 is 23.8 Å². The van der Waals surface area contributed by atoms with E-state index in [-0.39, 0.29) is 6.42 Å². The lowest BCUT2D eigenvalue weighted by molar-refractivity contribution is -0.153. The molecule has 152 valence electrons. The van der Waals surface area contributed by atoms with Crippen LogP contribution in [0.25, 0.3) is 5.65 Å². The first-order chi connectivity index (χ1) is 13.7. The van der Waals surface area contributed by atoms with E-state index in [4.69, 9.17) is 4.74 Å². The first kappa shape index (κ1) is 20.4. The topological polar surface area (TPSA) is 85.6 Å². The molecule has 3 aromatic rings. The van der Waals surface area contributed by atoms with Gasteiger partial charge in [0.15, 0.2) is 11.8 Å². The third-order valence-corrected chi connectivity index (χ3v) is 4.63. The van der Waals surface area contributed by atoms with E-state index in [0.29, 0.717) is 12.1 Å². The van der Waals surface area contributed by atoms with Crippen molar-refractivity contribution < 1.29 is 18.7 Å². The van der Waals surface area contributed by atoms with Crippen LogP contribution in [0.5, 0.6) is 0 Å². The summed E-state index contributed by atoms with van der Waals surface area (Å²) in [5.74, 6) is -1.48. The molecule has 1 N–H and O–H groups in total. The number of halogens is 1. The van der Waals surface area contributed by atoms with Crippen molar-refractivity contribution >= 4 is 23.2 Å². The number of rotatable bonds is 6. The number of ether oxygens (including phenoxy) is 1. The highest BCUT2D eigenvalue weighted by Crippen LogP contribution is 2.17. The number of amides is 1. The van der Waals surface area contributed by atoms with Crippen LogP contribution in [0.1, 0.15) is 36.0 Å². The number of nitrogens with one attached hydrogen (secondary N) is 1. The molecular formula is C21H23FN4O3. The standard InChI is InChI=1S/C21H23FN4O3/c1-12-10-19-23-13(2)18(14(3)26(19)25-12)8-9-20(27)29-15(4)21(28)24-17-7-5-6-16(22)11-17/h5-7,10-11,15H,8-9H2,1-4H3,(H,24,28)/t15-/m1/s1. The molecule has 1 aromatic carbocycles. The van der Waals surface area contributed by atoms with Gasteiger partial charge in [-0.25, -0.2) is 13.9 Å². The molecule has 0 saturated carbocycles. The maximum absolute atomic E-state index is 13.2. The highest BCUT2D eigenvalue weighted by molar-refractivity contribution is 5.95. The summed E-state index contributed by atoms with van der Waals surface area (Å²) in [5.41, 5.74) is 4.62. The summed E-state index contributed by atoms with van der Waals surface area (Å²) in [7, 11) is 0. The number of aromatic nitrogens is 3. The molecule has 3 rings (SSSR count). The van der Waals surface area contributed by atoms with Crippen molar-refractivity contribution in [1.82, 2.24) is 14.6 Å². The van der Waals surface area contributed by atoms with Gasteiger partial charge in [-0.05, 0) is 57.9 Å². The number of fused-ring (bicyclic) bond motifs is 1. The number of benzene rings is 1. The lowest BCUT2D eigenvalue weighted by atomic mass is 10.1. The number of carbonyl (C=O) groups excluding carboxylic acids is 2. The summed E-state index contributed by atoms with van der Waals surface area (Å²) in [5, 5.41) is 6.94. The second-order valence-corrected chi connectivity index (χ2v) is 6.95. The third kappa shape index (κ3) is 4.77. The minimum atomic E-state index is -0.998.